The van der Waals surface area contributed by atoms with E-state index in [-0.39, 0.29) is 5.91 Å². The van der Waals surface area contributed by atoms with Crippen LogP contribution in [0, 0.1) is 0 Å². The van der Waals surface area contributed by atoms with Crippen LogP contribution in [0.2, 0.25) is 0 Å². The molecule has 0 atom stereocenters. The highest BCUT2D eigenvalue weighted by molar-refractivity contribution is 6.13. The van der Waals surface area contributed by atoms with E-state index in [0.717, 1.165) is 34.5 Å². The summed E-state index contributed by atoms with van der Waals surface area (Å²) in [6, 6.07) is 15.7. The van der Waals surface area contributed by atoms with Gasteiger partial charge in [-0.05, 0) is 25.1 Å². The highest BCUT2D eigenvalue weighted by Crippen LogP contribution is 2.24. The van der Waals surface area contributed by atoms with Crippen molar-refractivity contribution >= 4 is 22.5 Å². The summed E-state index contributed by atoms with van der Waals surface area (Å²) >= 11 is 0. The third-order valence-electron chi connectivity index (χ3n) is 4.58. The quantitative estimate of drug-likeness (QED) is 0.599. The zero-order valence-electron chi connectivity index (χ0n) is 14.8. The van der Waals surface area contributed by atoms with Crippen molar-refractivity contribution < 1.29 is 4.79 Å². The second-order valence-electron chi connectivity index (χ2n) is 6.24. The van der Waals surface area contributed by atoms with Crippen molar-refractivity contribution in [1.82, 2.24) is 14.1 Å². The molecule has 4 aromatic rings. The molecule has 0 aliphatic rings. The fourth-order valence-corrected chi connectivity index (χ4v) is 3.28. The number of aromatic nitrogens is 3. The van der Waals surface area contributed by atoms with Gasteiger partial charge in [0.05, 0.1) is 5.56 Å². The highest BCUT2D eigenvalue weighted by Gasteiger charge is 2.14. The number of rotatable bonds is 4. The van der Waals surface area contributed by atoms with Gasteiger partial charge in [0.1, 0.15) is 5.82 Å². The van der Waals surface area contributed by atoms with Gasteiger partial charge >= 0.3 is 0 Å². The molecule has 0 unspecified atom stereocenters. The van der Waals surface area contributed by atoms with Gasteiger partial charge in [0.15, 0.2) is 0 Å². The van der Waals surface area contributed by atoms with Crippen LogP contribution in [0.15, 0.2) is 67.1 Å². The maximum Gasteiger partial charge on any atom is 0.257 e. The number of hydrogen-bond acceptors (Lipinski definition) is 2. The van der Waals surface area contributed by atoms with Crippen molar-refractivity contribution in [2.45, 2.75) is 13.5 Å². The number of amides is 1. The molecule has 4 rings (SSSR count). The van der Waals surface area contributed by atoms with Crippen LogP contribution in [-0.2, 0) is 13.6 Å². The third-order valence-corrected chi connectivity index (χ3v) is 4.58. The maximum atomic E-state index is 12.8. The number of carbonyl (C=O) groups is 1. The zero-order chi connectivity index (χ0) is 18.1. The van der Waals surface area contributed by atoms with E-state index < -0.39 is 0 Å². The van der Waals surface area contributed by atoms with Crippen LogP contribution in [0.3, 0.4) is 0 Å². The lowest BCUT2D eigenvalue weighted by Crippen LogP contribution is -2.11. The Balaban J connectivity index is 1.65. The third kappa shape index (κ3) is 2.77. The second-order valence-corrected chi connectivity index (χ2v) is 6.24. The predicted molar refractivity (Wildman–Crippen MR) is 104 cm³/mol. The molecule has 0 radical (unpaired) electrons. The second kappa shape index (κ2) is 6.52. The van der Waals surface area contributed by atoms with Gasteiger partial charge in [0.2, 0.25) is 0 Å². The van der Waals surface area contributed by atoms with E-state index in [9.17, 15) is 4.79 Å². The molecule has 26 heavy (non-hydrogen) atoms. The first-order chi connectivity index (χ1) is 12.7. The standard InChI is InChI=1S/C21H20N4O/c1-3-25-12-11-22-20(25)15-7-6-8-16(13-15)23-21(26)18-14-24(2)19-10-5-4-9-17(18)19/h4-14H,3H2,1-2H3,(H,23,26). The molecular weight excluding hydrogens is 324 g/mol. The Morgan fingerprint density at radius 2 is 2.00 bits per heavy atom. The molecule has 2 aromatic heterocycles. The maximum absolute atomic E-state index is 12.8. The van der Waals surface area contributed by atoms with Crippen molar-refractivity contribution in [3.8, 4) is 11.4 Å². The fourth-order valence-electron chi connectivity index (χ4n) is 3.28. The number of anilines is 1. The Morgan fingerprint density at radius 1 is 1.15 bits per heavy atom. The number of carbonyl (C=O) groups excluding carboxylic acids is 1. The van der Waals surface area contributed by atoms with Gasteiger partial charge in [-0.1, -0.05) is 30.3 Å². The van der Waals surface area contributed by atoms with Gasteiger partial charge in [-0.3, -0.25) is 4.79 Å². The summed E-state index contributed by atoms with van der Waals surface area (Å²) in [6.07, 6.45) is 5.62. The zero-order valence-corrected chi connectivity index (χ0v) is 14.8. The molecule has 1 N–H and O–H groups in total. The lowest BCUT2D eigenvalue weighted by Gasteiger charge is -2.08. The first-order valence-electron chi connectivity index (χ1n) is 8.64. The van der Waals surface area contributed by atoms with Crippen LogP contribution < -0.4 is 5.32 Å². The predicted octanol–water partition coefficient (Wildman–Crippen LogP) is 4.31. The molecule has 0 bridgehead atoms. The number of benzene rings is 2. The van der Waals surface area contributed by atoms with E-state index >= 15 is 0 Å². The summed E-state index contributed by atoms with van der Waals surface area (Å²) in [5.74, 6) is 0.784. The van der Waals surface area contributed by atoms with Crippen molar-refractivity contribution in [1.29, 1.82) is 0 Å². The monoisotopic (exact) mass is 344 g/mol. The summed E-state index contributed by atoms with van der Waals surface area (Å²) in [5, 5.41) is 3.96. The highest BCUT2D eigenvalue weighted by atomic mass is 16.1. The number of nitrogens with one attached hydrogen (secondary N) is 1. The number of fused-ring (bicyclic) bond motifs is 1. The average molecular weight is 344 g/mol. The van der Waals surface area contributed by atoms with Crippen molar-refractivity contribution in [3.05, 3.63) is 72.7 Å². The van der Waals surface area contributed by atoms with Gasteiger partial charge in [0, 0.05) is 54.3 Å². The van der Waals surface area contributed by atoms with Gasteiger partial charge in [-0.15, -0.1) is 0 Å². The van der Waals surface area contributed by atoms with E-state index in [1.807, 2.05) is 72.5 Å². The molecule has 0 aliphatic carbocycles. The first-order valence-corrected chi connectivity index (χ1v) is 8.64. The Labute approximate surface area is 151 Å². The minimum atomic E-state index is -0.113. The Hall–Kier alpha value is -3.34. The Morgan fingerprint density at radius 3 is 2.85 bits per heavy atom. The lowest BCUT2D eigenvalue weighted by atomic mass is 10.1. The van der Waals surface area contributed by atoms with E-state index in [0.29, 0.717) is 5.56 Å². The molecule has 1 amide bonds. The SMILES string of the molecule is CCn1ccnc1-c1cccc(NC(=O)c2cn(C)c3ccccc23)c1. The summed E-state index contributed by atoms with van der Waals surface area (Å²) in [6.45, 7) is 2.93. The number of nitrogens with zero attached hydrogens (tertiary/aromatic N) is 3. The van der Waals surface area contributed by atoms with Crippen LogP contribution in [0.25, 0.3) is 22.3 Å². The van der Waals surface area contributed by atoms with Crippen LogP contribution in [-0.4, -0.2) is 20.0 Å². The molecule has 5 nitrogen and oxygen atoms in total. The molecule has 130 valence electrons. The van der Waals surface area contributed by atoms with Gasteiger partial charge in [-0.25, -0.2) is 4.98 Å². The molecule has 5 heteroatoms. The van der Waals surface area contributed by atoms with E-state index in [4.69, 9.17) is 0 Å². The van der Waals surface area contributed by atoms with Crippen LogP contribution in [0.4, 0.5) is 5.69 Å². The van der Waals surface area contributed by atoms with Crippen molar-refractivity contribution in [3.63, 3.8) is 0 Å². The summed E-state index contributed by atoms with van der Waals surface area (Å²) in [7, 11) is 1.95. The minimum Gasteiger partial charge on any atom is -0.350 e. The van der Waals surface area contributed by atoms with E-state index in [1.54, 1.807) is 6.20 Å². The Kier molecular flexibility index (Phi) is 4.05. The molecular formula is C21H20N4O. The molecule has 0 saturated heterocycles. The van der Waals surface area contributed by atoms with Crippen molar-refractivity contribution in [2.24, 2.45) is 7.05 Å². The number of para-hydroxylation sites is 1. The topological polar surface area (TPSA) is 51.9 Å². The summed E-state index contributed by atoms with van der Waals surface area (Å²) in [5.41, 5.74) is 3.44. The minimum absolute atomic E-state index is 0.113. The van der Waals surface area contributed by atoms with E-state index in [1.165, 1.54) is 0 Å². The number of hydrogen-bond donors (Lipinski definition) is 1. The smallest absolute Gasteiger partial charge is 0.257 e. The molecule has 2 heterocycles. The van der Waals surface area contributed by atoms with Gasteiger partial charge < -0.3 is 14.5 Å². The normalized spacial score (nSPS) is 11.0. The average Bonchev–Trinajstić information content (AvgIpc) is 3.27. The fraction of sp³-hybridized carbons (Fsp3) is 0.143. The van der Waals surface area contributed by atoms with Gasteiger partial charge in [0.25, 0.3) is 5.91 Å². The number of aryl methyl sites for hydroxylation is 2. The van der Waals surface area contributed by atoms with Crippen LogP contribution in [0.5, 0.6) is 0 Å². The molecule has 0 aliphatic heterocycles. The summed E-state index contributed by atoms with van der Waals surface area (Å²) in [4.78, 5) is 17.2. The number of imidazole rings is 1. The Bertz CT molecular complexity index is 1090. The largest absolute Gasteiger partial charge is 0.350 e. The lowest BCUT2D eigenvalue weighted by molar-refractivity contribution is 0.102. The van der Waals surface area contributed by atoms with Crippen LogP contribution >= 0.6 is 0 Å². The van der Waals surface area contributed by atoms with Gasteiger partial charge in [-0.2, -0.15) is 0 Å². The molecule has 0 saturated carbocycles. The van der Waals surface area contributed by atoms with Crippen molar-refractivity contribution in [2.75, 3.05) is 5.32 Å². The molecule has 2 aromatic carbocycles. The molecule has 0 spiro atoms. The van der Waals surface area contributed by atoms with Crippen LogP contribution in [0.1, 0.15) is 17.3 Å². The molecule has 0 fully saturated rings. The first kappa shape index (κ1) is 16.1. The summed E-state index contributed by atoms with van der Waals surface area (Å²) < 4.78 is 4.05. The van der Waals surface area contributed by atoms with E-state index in [2.05, 4.69) is 21.8 Å².